The van der Waals surface area contributed by atoms with E-state index in [1.165, 1.54) is 11.3 Å². The Morgan fingerprint density at radius 2 is 1.60 bits per heavy atom. The molecule has 0 radical (unpaired) electrons. The molecule has 0 amide bonds. The lowest BCUT2D eigenvalue weighted by Gasteiger charge is -2.29. The van der Waals surface area contributed by atoms with Gasteiger partial charge in [0.25, 0.3) is 0 Å². The van der Waals surface area contributed by atoms with Crippen LogP contribution in [-0.4, -0.2) is 36.3 Å². The van der Waals surface area contributed by atoms with Gasteiger partial charge in [-0.2, -0.15) is 4.98 Å². The third kappa shape index (κ3) is 4.63. The van der Waals surface area contributed by atoms with Gasteiger partial charge in [-0.05, 0) is 47.0 Å². The van der Waals surface area contributed by atoms with Crippen LogP contribution in [0.1, 0.15) is 17.3 Å². The molecular formula is C28H25ClN4O2. The molecule has 1 aromatic heterocycles. The van der Waals surface area contributed by atoms with Crippen molar-refractivity contribution < 1.29 is 9.47 Å². The number of rotatable bonds is 5. The molecule has 0 spiro atoms. The highest BCUT2D eigenvalue weighted by atomic mass is 35.5. The Kier molecular flexibility index (Phi) is 5.90. The predicted molar refractivity (Wildman–Crippen MR) is 140 cm³/mol. The van der Waals surface area contributed by atoms with Crippen LogP contribution in [0.15, 0.2) is 83.9 Å². The smallest absolute Gasteiger partial charge is 0.301 e. The van der Waals surface area contributed by atoms with E-state index in [1.807, 2.05) is 48.5 Å². The molecule has 2 aliphatic rings. The predicted octanol–water partition coefficient (Wildman–Crippen LogP) is 6.45. The largest absolute Gasteiger partial charge is 0.426 e. The summed E-state index contributed by atoms with van der Waals surface area (Å²) in [6.45, 7) is 3.36. The monoisotopic (exact) mass is 484 g/mol. The number of aromatic amines is 1. The zero-order chi connectivity index (χ0) is 23.6. The lowest BCUT2D eigenvalue weighted by Crippen LogP contribution is -2.36. The van der Waals surface area contributed by atoms with Crippen molar-refractivity contribution in [2.75, 3.05) is 36.5 Å². The lowest BCUT2D eigenvalue weighted by molar-refractivity contribution is 0.122. The van der Waals surface area contributed by atoms with E-state index >= 15 is 0 Å². The molecule has 0 aliphatic carbocycles. The fraction of sp³-hybridized carbons (Fsp3) is 0.179. The first-order chi connectivity index (χ1) is 17.2. The van der Waals surface area contributed by atoms with Crippen molar-refractivity contribution in [2.24, 2.45) is 0 Å². The first-order valence-electron chi connectivity index (χ1n) is 11.7. The highest BCUT2D eigenvalue weighted by Crippen LogP contribution is 2.38. The van der Waals surface area contributed by atoms with Gasteiger partial charge in [-0.3, -0.25) is 0 Å². The Hall–Kier alpha value is -3.74. The average Bonchev–Trinajstić information content (AvgIpc) is 3.30. The minimum atomic E-state index is -0.163. The number of halogens is 1. The van der Waals surface area contributed by atoms with Crippen molar-refractivity contribution >= 4 is 29.2 Å². The van der Waals surface area contributed by atoms with E-state index in [0.717, 1.165) is 43.1 Å². The molecule has 1 fully saturated rings. The van der Waals surface area contributed by atoms with Crippen LogP contribution < -0.4 is 15.0 Å². The van der Waals surface area contributed by atoms with Crippen LogP contribution in [0.3, 0.4) is 0 Å². The summed E-state index contributed by atoms with van der Waals surface area (Å²) in [5, 5.41) is 4.14. The number of nitrogens with one attached hydrogen (secondary N) is 2. The molecule has 35 heavy (non-hydrogen) atoms. The van der Waals surface area contributed by atoms with E-state index in [2.05, 4.69) is 56.6 Å². The molecular weight excluding hydrogens is 460 g/mol. The molecule has 1 saturated heterocycles. The van der Waals surface area contributed by atoms with E-state index < -0.39 is 0 Å². The summed E-state index contributed by atoms with van der Waals surface area (Å²) >= 11 is 6.66. The van der Waals surface area contributed by atoms with Gasteiger partial charge in [0.05, 0.1) is 24.9 Å². The number of hydrogen-bond acceptors (Lipinski definition) is 5. The maximum Gasteiger partial charge on any atom is 0.301 e. The summed E-state index contributed by atoms with van der Waals surface area (Å²) in [5.74, 6) is 1.42. The van der Waals surface area contributed by atoms with Gasteiger partial charge in [0.1, 0.15) is 5.75 Å². The number of H-pyrrole nitrogens is 1. The normalized spacial score (nSPS) is 17.3. The molecule has 1 unspecified atom stereocenters. The number of anilines is 2. The third-order valence-electron chi connectivity index (χ3n) is 6.33. The number of benzene rings is 3. The zero-order valence-corrected chi connectivity index (χ0v) is 19.8. The molecule has 0 bridgehead atoms. The van der Waals surface area contributed by atoms with Crippen molar-refractivity contribution in [3.8, 4) is 22.9 Å². The summed E-state index contributed by atoms with van der Waals surface area (Å²) in [6.07, 6.45) is 1.91. The molecule has 7 heteroatoms. The van der Waals surface area contributed by atoms with Crippen LogP contribution in [-0.2, 0) is 4.74 Å². The van der Waals surface area contributed by atoms with Crippen LogP contribution in [0.5, 0.6) is 11.8 Å². The Bertz CT molecular complexity index is 1330. The average molecular weight is 485 g/mol. The van der Waals surface area contributed by atoms with Gasteiger partial charge in [-0.15, -0.1) is 0 Å². The van der Waals surface area contributed by atoms with Crippen molar-refractivity contribution in [3.05, 3.63) is 95.2 Å². The number of imidazole rings is 1. The lowest BCUT2D eigenvalue weighted by atomic mass is 10.0. The van der Waals surface area contributed by atoms with Gasteiger partial charge in [0, 0.05) is 23.8 Å². The quantitative estimate of drug-likeness (QED) is 0.340. The number of morpholine rings is 1. The first kappa shape index (κ1) is 21.8. The van der Waals surface area contributed by atoms with Gasteiger partial charge < -0.3 is 24.7 Å². The Balaban J connectivity index is 1.15. The van der Waals surface area contributed by atoms with Gasteiger partial charge in [-0.1, -0.05) is 66.2 Å². The molecule has 3 heterocycles. The zero-order valence-electron chi connectivity index (χ0n) is 19.1. The number of aromatic nitrogens is 2. The van der Waals surface area contributed by atoms with E-state index in [9.17, 15) is 0 Å². The molecule has 176 valence electrons. The molecule has 6 nitrogen and oxygen atoms in total. The Morgan fingerprint density at radius 1 is 0.886 bits per heavy atom. The van der Waals surface area contributed by atoms with Gasteiger partial charge >= 0.3 is 6.01 Å². The topological polar surface area (TPSA) is 62.4 Å². The molecule has 0 saturated carbocycles. The number of hydrogen-bond donors (Lipinski definition) is 2. The number of ether oxygens (including phenoxy) is 2. The SMILES string of the molecule is ClC1=Cc2[nH]c(Oc3ccc(-c4ccccc4)cc3)nc2NC1c1ccc(N2CCOCC2)cc1. The summed E-state index contributed by atoms with van der Waals surface area (Å²) in [6, 6.07) is 27.0. The second-order valence-corrected chi connectivity index (χ2v) is 9.03. The van der Waals surface area contributed by atoms with E-state index in [4.69, 9.17) is 21.1 Å². The second-order valence-electron chi connectivity index (χ2n) is 8.59. The molecule has 4 aromatic rings. The van der Waals surface area contributed by atoms with Crippen molar-refractivity contribution in [3.63, 3.8) is 0 Å². The minimum Gasteiger partial charge on any atom is -0.426 e. The van der Waals surface area contributed by atoms with Crippen molar-refractivity contribution in [1.82, 2.24) is 9.97 Å². The highest BCUT2D eigenvalue weighted by molar-refractivity contribution is 6.32. The molecule has 6 rings (SSSR count). The Labute approximate surface area is 209 Å². The van der Waals surface area contributed by atoms with Crippen LogP contribution in [0.2, 0.25) is 0 Å². The van der Waals surface area contributed by atoms with Crippen LogP contribution >= 0.6 is 11.6 Å². The first-order valence-corrected chi connectivity index (χ1v) is 12.1. The summed E-state index contributed by atoms with van der Waals surface area (Å²) < 4.78 is 11.4. The van der Waals surface area contributed by atoms with Crippen LogP contribution in [0, 0.1) is 0 Å². The molecule has 2 N–H and O–H groups in total. The fourth-order valence-electron chi connectivity index (χ4n) is 4.45. The van der Waals surface area contributed by atoms with Crippen LogP contribution in [0.25, 0.3) is 17.2 Å². The summed E-state index contributed by atoms with van der Waals surface area (Å²) in [5.41, 5.74) is 5.38. The van der Waals surface area contributed by atoms with E-state index in [1.54, 1.807) is 0 Å². The second kappa shape index (κ2) is 9.49. The fourth-order valence-corrected chi connectivity index (χ4v) is 4.74. The summed E-state index contributed by atoms with van der Waals surface area (Å²) in [4.78, 5) is 10.2. The Morgan fingerprint density at radius 3 is 2.34 bits per heavy atom. The number of nitrogens with zero attached hydrogens (tertiary/aromatic N) is 2. The molecule has 1 atom stereocenters. The summed E-state index contributed by atoms with van der Waals surface area (Å²) in [7, 11) is 0. The highest BCUT2D eigenvalue weighted by Gasteiger charge is 2.25. The number of fused-ring (bicyclic) bond motifs is 1. The third-order valence-corrected chi connectivity index (χ3v) is 6.66. The maximum absolute atomic E-state index is 6.66. The van der Waals surface area contributed by atoms with Crippen molar-refractivity contribution in [2.45, 2.75) is 6.04 Å². The molecule has 2 aliphatic heterocycles. The van der Waals surface area contributed by atoms with E-state index in [-0.39, 0.29) is 6.04 Å². The molecule has 3 aromatic carbocycles. The van der Waals surface area contributed by atoms with Gasteiger partial charge in [0.2, 0.25) is 0 Å². The van der Waals surface area contributed by atoms with E-state index in [0.29, 0.717) is 22.6 Å². The van der Waals surface area contributed by atoms with Crippen LogP contribution in [0.4, 0.5) is 11.5 Å². The minimum absolute atomic E-state index is 0.163. The maximum atomic E-state index is 6.66. The van der Waals surface area contributed by atoms with Gasteiger partial charge in [0.15, 0.2) is 5.82 Å². The van der Waals surface area contributed by atoms with Crippen molar-refractivity contribution in [1.29, 1.82) is 0 Å². The standard InChI is InChI=1S/C28H25ClN4O2/c29-24-18-25-27(31-26(24)21-6-10-22(11-7-21)33-14-16-34-17-15-33)32-28(30-25)35-23-12-8-20(9-13-23)19-4-2-1-3-5-19/h1-13,18,26,31H,14-17H2,(H,30,32). The van der Waals surface area contributed by atoms with Gasteiger partial charge in [-0.25, -0.2) is 0 Å².